The Morgan fingerprint density at radius 1 is 1.03 bits per heavy atom. The topological polar surface area (TPSA) is 88.0 Å². The molecule has 9 nitrogen and oxygen atoms in total. The van der Waals surface area contributed by atoms with Crippen molar-refractivity contribution in [1.82, 2.24) is 24.3 Å². The van der Waals surface area contributed by atoms with Gasteiger partial charge in [0.05, 0.1) is 7.11 Å². The number of nitrogens with zero attached hydrogens (tertiary/aromatic N) is 5. The Kier molecular flexibility index (Phi) is 6.27. The summed E-state index contributed by atoms with van der Waals surface area (Å²) in [5.41, 5.74) is 2.09. The lowest BCUT2D eigenvalue weighted by Gasteiger charge is -2.31. The number of fused-ring (bicyclic) bond motifs is 1. The second-order valence-electron chi connectivity index (χ2n) is 8.44. The first-order chi connectivity index (χ1) is 15.4. The Bertz CT molecular complexity index is 1100. The highest BCUT2D eigenvalue weighted by molar-refractivity contribution is 5.97. The van der Waals surface area contributed by atoms with Crippen LogP contribution >= 0.6 is 0 Å². The third-order valence-electron chi connectivity index (χ3n) is 6.26. The molecule has 4 rings (SSSR count). The number of rotatable bonds is 3. The molecule has 170 valence electrons. The third kappa shape index (κ3) is 4.25. The van der Waals surface area contributed by atoms with Gasteiger partial charge in [-0.2, -0.15) is 0 Å². The Morgan fingerprint density at radius 2 is 1.84 bits per heavy atom. The minimum absolute atomic E-state index is 0.131. The van der Waals surface area contributed by atoms with E-state index < -0.39 is 0 Å². The first-order valence-corrected chi connectivity index (χ1v) is 10.9. The Labute approximate surface area is 187 Å². The largest absolute Gasteiger partial charge is 0.481 e. The number of carbonyl (C=O) groups excluding carboxylic acids is 2. The molecule has 0 bridgehead atoms. The van der Waals surface area contributed by atoms with Crippen molar-refractivity contribution in [2.75, 3.05) is 46.9 Å². The van der Waals surface area contributed by atoms with Crippen LogP contribution in [-0.2, 0) is 20.0 Å². The van der Waals surface area contributed by atoms with E-state index in [0.29, 0.717) is 44.0 Å². The fraction of sp³-hybridized carbons (Fsp3) is 0.478. The summed E-state index contributed by atoms with van der Waals surface area (Å²) in [6, 6.07) is 3.27. The second-order valence-corrected chi connectivity index (χ2v) is 8.44. The van der Waals surface area contributed by atoms with Gasteiger partial charge < -0.3 is 24.0 Å². The normalized spacial score (nSPS) is 17.0. The third-order valence-corrected chi connectivity index (χ3v) is 6.26. The number of likely N-dealkylation sites (N-methyl/N-ethyl adjacent to an activating group) is 1. The van der Waals surface area contributed by atoms with Crippen LogP contribution < -0.4 is 10.3 Å². The van der Waals surface area contributed by atoms with Gasteiger partial charge >= 0.3 is 0 Å². The van der Waals surface area contributed by atoms with Crippen LogP contribution in [-0.4, -0.2) is 82.9 Å². The minimum atomic E-state index is -0.273. The maximum Gasteiger partial charge on any atom is 0.263 e. The molecule has 2 aliphatic heterocycles. The van der Waals surface area contributed by atoms with E-state index in [1.54, 1.807) is 41.4 Å². The van der Waals surface area contributed by atoms with Crippen molar-refractivity contribution in [3.63, 3.8) is 0 Å². The summed E-state index contributed by atoms with van der Waals surface area (Å²) in [7, 11) is 5.21. The monoisotopic (exact) mass is 439 g/mol. The highest BCUT2D eigenvalue weighted by atomic mass is 16.5. The molecule has 2 aromatic heterocycles. The summed E-state index contributed by atoms with van der Waals surface area (Å²) >= 11 is 0. The summed E-state index contributed by atoms with van der Waals surface area (Å²) in [6.07, 6.45) is 4.64. The molecule has 0 N–H and O–H groups in total. The van der Waals surface area contributed by atoms with E-state index >= 15 is 0 Å². The zero-order valence-corrected chi connectivity index (χ0v) is 18.8. The number of carbonyl (C=O) groups is 2. The van der Waals surface area contributed by atoms with Gasteiger partial charge in [0, 0.05) is 63.8 Å². The molecule has 0 aliphatic carbocycles. The minimum Gasteiger partial charge on any atom is -0.481 e. The number of aryl methyl sites for hydroxylation is 1. The van der Waals surface area contributed by atoms with E-state index in [1.807, 2.05) is 7.05 Å². The fourth-order valence-corrected chi connectivity index (χ4v) is 4.43. The maximum absolute atomic E-state index is 13.4. The van der Waals surface area contributed by atoms with Crippen LogP contribution in [0.5, 0.6) is 5.88 Å². The van der Waals surface area contributed by atoms with Crippen molar-refractivity contribution < 1.29 is 14.3 Å². The van der Waals surface area contributed by atoms with Crippen LogP contribution in [0.15, 0.2) is 29.3 Å². The van der Waals surface area contributed by atoms with E-state index in [0.717, 1.165) is 30.6 Å². The maximum atomic E-state index is 13.4. The first kappa shape index (κ1) is 22.0. The van der Waals surface area contributed by atoms with Gasteiger partial charge in [0.1, 0.15) is 5.56 Å². The van der Waals surface area contributed by atoms with Crippen molar-refractivity contribution in [2.24, 2.45) is 7.05 Å². The highest BCUT2D eigenvalue weighted by Crippen LogP contribution is 2.24. The molecule has 9 heteroatoms. The predicted octanol–water partition coefficient (Wildman–Crippen LogP) is 0.765. The van der Waals surface area contributed by atoms with Crippen LogP contribution in [0.25, 0.3) is 0 Å². The van der Waals surface area contributed by atoms with Gasteiger partial charge in [0.25, 0.3) is 17.4 Å². The van der Waals surface area contributed by atoms with Crippen molar-refractivity contribution in [3.8, 4) is 5.88 Å². The molecule has 2 aromatic rings. The van der Waals surface area contributed by atoms with Gasteiger partial charge in [-0.15, -0.1) is 0 Å². The zero-order valence-electron chi connectivity index (χ0n) is 18.8. The van der Waals surface area contributed by atoms with Gasteiger partial charge in [0.15, 0.2) is 0 Å². The number of hydrogen-bond acceptors (Lipinski definition) is 6. The molecular formula is C23H29N5O4. The summed E-state index contributed by atoms with van der Waals surface area (Å²) in [5, 5.41) is 0. The fourth-order valence-electron chi connectivity index (χ4n) is 4.43. The van der Waals surface area contributed by atoms with E-state index in [1.165, 1.54) is 11.7 Å². The number of aromatic nitrogens is 2. The van der Waals surface area contributed by atoms with Crippen LogP contribution in [0.3, 0.4) is 0 Å². The van der Waals surface area contributed by atoms with Crippen LogP contribution in [0, 0.1) is 0 Å². The first-order valence-electron chi connectivity index (χ1n) is 10.9. The van der Waals surface area contributed by atoms with Crippen LogP contribution in [0.2, 0.25) is 0 Å². The van der Waals surface area contributed by atoms with E-state index in [4.69, 9.17) is 4.74 Å². The summed E-state index contributed by atoms with van der Waals surface area (Å²) in [5.74, 6) is 0.0525. The van der Waals surface area contributed by atoms with Crippen LogP contribution in [0.1, 0.15) is 38.3 Å². The Morgan fingerprint density at radius 3 is 2.62 bits per heavy atom. The standard InChI is InChI=1S/C23H29N5O4/c1-25-8-4-9-27(12-11-25)23(31)20-18-6-10-28(15-17(18)14-26(2)22(20)30)21(29)16-5-7-24-19(13-16)32-3/h5,7,13-14H,4,6,8-12,15H2,1-3H3. The molecule has 0 radical (unpaired) electrons. The molecule has 0 spiro atoms. The summed E-state index contributed by atoms with van der Waals surface area (Å²) < 4.78 is 6.59. The van der Waals surface area contributed by atoms with Crippen molar-refractivity contribution in [2.45, 2.75) is 19.4 Å². The molecular weight excluding hydrogens is 410 g/mol. The summed E-state index contributed by atoms with van der Waals surface area (Å²) in [4.78, 5) is 49.2. The summed E-state index contributed by atoms with van der Waals surface area (Å²) in [6.45, 7) is 3.76. The quantitative estimate of drug-likeness (QED) is 0.702. The van der Waals surface area contributed by atoms with Gasteiger partial charge in [-0.05, 0) is 43.6 Å². The molecule has 0 saturated carbocycles. The van der Waals surface area contributed by atoms with E-state index in [2.05, 4.69) is 9.88 Å². The SMILES string of the molecule is COc1cc(C(=O)N2CCc3c(cn(C)c(=O)c3C(=O)N3CCCN(C)CC3)C2)ccn1. The Balaban J connectivity index is 1.62. The molecule has 4 heterocycles. The molecule has 32 heavy (non-hydrogen) atoms. The second kappa shape index (κ2) is 9.12. The van der Waals surface area contributed by atoms with Gasteiger partial charge in [-0.25, -0.2) is 4.98 Å². The van der Waals surface area contributed by atoms with Gasteiger partial charge in [-0.1, -0.05) is 0 Å². The zero-order chi connectivity index (χ0) is 22.8. The number of ether oxygens (including phenoxy) is 1. The average molecular weight is 440 g/mol. The Hall–Kier alpha value is -3.20. The van der Waals surface area contributed by atoms with Gasteiger partial charge in [0.2, 0.25) is 5.88 Å². The van der Waals surface area contributed by atoms with Crippen molar-refractivity contribution in [1.29, 1.82) is 0 Å². The molecule has 0 unspecified atom stereocenters. The van der Waals surface area contributed by atoms with E-state index in [9.17, 15) is 14.4 Å². The number of pyridine rings is 2. The smallest absolute Gasteiger partial charge is 0.263 e. The van der Waals surface area contributed by atoms with Gasteiger partial charge in [-0.3, -0.25) is 14.4 Å². The predicted molar refractivity (Wildman–Crippen MR) is 119 cm³/mol. The molecule has 1 fully saturated rings. The lowest BCUT2D eigenvalue weighted by molar-refractivity contribution is 0.0731. The van der Waals surface area contributed by atoms with Crippen molar-refractivity contribution >= 4 is 11.8 Å². The number of amides is 2. The lowest BCUT2D eigenvalue weighted by atomic mass is 9.95. The molecule has 2 amide bonds. The molecule has 2 aliphatic rings. The van der Waals surface area contributed by atoms with Crippen molar-refractivity contribution in [3.05, 3.63) is 57.1 Å². The highest BCUT2D eigenvalue weighted by Gasteiger charge is 2.30. The number of hydrogen-bond donors (Lipinski definition) is 0. The lowest BCUT2D eigenvalue weighted by Crippen LogP contribution is -2.43. The molecule has 1 saturated heterocycles. The molecule has 0 aromatic carbocycles. The number of methoxy groups -OCH3 is 1. The van der Waals surface area contributed by atoms with Crippen LogP contribution in [0.4, 0.5) is 0 Å². The average Bonchev–Trinajstić information content (AvgIpc) is 3.03. The molecule has 0 atom stereocenters. The van der Waals surface area contributed by atoms with E-state index in [-0.39, 0.29) is 22.9 Å².